The first-order valence-corrected chi connectivity index (χ1v) is 5.87. The lowest BCUT2D eigenvalue weighted by Crippen LogP contribution is -1.92. The summed E-state index contributed by atoms with van der Waals surface area (Å²) in [6.45, 7) is 5.80. The monoisotopic (exact) mass is 238 g/mol. The van der Waals surface area contributed by atoms with Crippen molar-refractivity contribution in [3.8, 4) is 23.5 Å². The molecule has 0 saturated heterocycles. The van der Waals surface area contributed by atoms with E-state index in [0.29, 0.717) is 5.56 Å². The summed E-state index contributed by atoms with van der Waals surface area (Å²) in [4.78, 5) is 0. The number of benzene rings is 2. The second-order valence-corrected chi connectivity index (χ2v) is 4.61. The van der Waals surface area contributed by atoms with Crippen molar-refractivity contribution in [2.24, 2.45) is 0 Å². The van der Waals surface area contributed by atoms with Gasteiger partial charge in [0.05, 0.1) is 0 Å². The molecule has 0 heterocycles. The molecule has 2 aromatic carbocycles. The van der Waals surface area contributed by atoms with E-state index in [0.717, 1.165) is 27.8 Å². The molecule has 0 aliphatic heterocycles. The van der Waals surface area contributed by atoms with Crippen LogP contribution in [0.4, 0.5) is 4.39 Å². The fraction of sp³-hybridized carbons (Fsp3) is 0.176. The summed E-state index contributed by atoms with van der Waals surface area (Å²) in [7, 11) is 0. The van der Waals surface area contributed by atoms with Crippen LogP contribution < -0.4 is 0 Å². The van der Waals surface area contributed by atoms with Crippen molar-refractivity contribution in [1.29, 1.82) is 0 Å². The average Bonchev–Trinajstić information content (AvgIpc) is 2.32. The minimum atomic E-state index is -0.189. The molecule has 0 N–H and O–H groups in total. The first kappa shape index (κ1) is 12.4. The summed E-state index contributed by atoms with van der Waals surface area (Å²) in [6, 6.07) is 9.22. The highest BCUT2D eigenvalue weighted by Crippen LogP contribution is 2.28. The molecule has 0 radical (unpaired) electrons. The molecule has 0 aliphatic carbocycles. The highest BCUT2D eigenvalue weighted by atomic mass is 19.1. The molecule has 0 atom stereocenters. The average molecular weight is 238 g/mol. The van der Waals surface area contributed by atoms with Gasteiger partial charge in [-0.2, -0.15) is 0 Å². The molecule has 90 valence electrons. The molecule has 0 spiro atoms. The molecule has 0 bridgehead atoms. The number of aryl methyl sites for hydroxylation is 3. The summed E-state index contributed by atoms with van der Waals surface area (Å²) in [5, 5.41) is 0. The maximum absolute atomic E-state index is 13.3. The Morgan fingerprint density at radius 2 is 1.72 bits per heavy atom. The largest absolute Gasteiger partial charge is 0.207 e. The molecule has 2 rings (SSSR count). The van der Waals surface area contributed by atoms with E-state index in [-0.39, 0.29) is 5.82 Å². The minimum absolute atomic E-state index is 0.189. The third-order valence-corrected chi connectivity index (χ3v) is 3.09. The van der Waals surface area contributed by atoms with Crippen LogP contribution in [0.3, 0.4) is 0 Å². The van der Waals surface area contributed by atoms with E-state index in [1.807, 2.05) is 19.9 Å². The molecule has 0 aliphatic rings. The highest BCUT2D eigenvalue weighted by Gasteiger charge is 2.08. The fourth-order valence-corrected chi connectivity index (χ4v) is 2.20. The fourth-order valence-electron chi connectivity index (χ4n) is 2.20. The van der Waals surface area contributed by atoms with E-state index in [2.05, 4.69) is 18.1 Å². The van der Waals surface area contributed by atoms with Crippen molar-refractivity contribution in [3.05, 3.63) is 58.4 Å². The zero-order valence-electron chi connectivity index (χ0n) is 10.8. The van der Waals surface area contributed by atoms with Gasteiger partial charge in [-0.1, -0.05) is 29.7 Å². The molecule has 0 fully saturated rings. The van der Waals surface area contributed by atoms with Crippen LogP contribution >= 0.6 is 0 Å². The zero-order chi connectivity index (χ0) is 13.3. The van der Waals surface area contributed by atoms with Crippen molar-refractivity contribution >= 4 is 0 Å². The van der Waals surface area contributed by atoms with Crippen LogP contribution in [-0.4, -0.2) is 0 Å². The molecule has 0 amide bonds. The number of halogens is 1. The van der Waals surface area contributed by atoms with Gasteiger partial charge in [0.1, 0.15) is 5.82 Å². The predicted molar refractivity (Wildman–Crippen MR) is 74.0 cm³/mol. The quantitative estimate of drug-likeness (QED) is 0.646. The van der Waals surface area contributed by atoms with Crippen LogP contribution in [0.5, 0.6) is 0 Å². The Hall–Kier alpha value is -2.07. The third kappa shape index (κ3) is 2.15. The van der Waals surface area contributed by atoms with E-state index in [1.165, 1.54) is 6.07 Å². The third-order valence-electron chi connectivity index (χ3n) is 3.09. The van der Waals surface area contributed by atoms with Gasteiger partial charge in [-0.15, -0.1) is 6.42 Å². The normalized spacial score (nSPS) is 10.2. The predicted octanol–water partition coefficient (Wildman–Crippen LogP) is 4.40. The minimum Gasteiger partial charge on any atom is -0.207 e. The lowest BCUT2D eigenvalue weighted by molar-refractivity contribution is 0.619. The molecule has 0 saturated carbocycles. The van der Waals surface area contributed by atoms with Crippen LogP contribution in [0.25, 0.3) is 11.1 Å². The van der Waals surface area contributed by atoms with Crippen molar-refractivity contribution in [3.63, 3.8) is 0 Å². The van der Waals surface area contributed by atoms with E-state index in [4.69, 9.17) is 6.42 Å². The van der Waals surface area contributed by atoms with Gasteiger partial charge < -0.3 is 0 Å². The summed E-state index contributed by atoms with van der Waals surface area (Å²) in [5.41, 5.74) is 5.71. The molecular formula is C17H15F. The van der Waals surface area contributed by atoms with Gasteiger partial charge in [0.25, 0.3) is 0 Å². The van der Waals surface area contributed by atoms with Gasteiger partial charge in [0, 0.05) is 5.56 Å². The Bertz CT molecular complexity index is 645. The number of hydrogen-bond acceptors (Lipinski definition) is 0. The lowest BCUT2D eigenvalue weighted by atomic mass is 9.93. The second kappa shape index (κ2) is 4.66. The summed E-state index contributed by atoms with van der Waals surface area (Å²) < 4.78 is 13.3. The Labute approximate surface area is 107 Å². The van der Waals surface area contributed by atoms with Crippen LogP contribution in [0.1, 0.15) is 22.3 Å². The maximum atomic E-state index is 13.3. The van der Waals surface area contributed by atoms with Crippen LogP contribution in [0, 0.1) is 38.9 Å². The van der Waals surface area contributed by atoms with Crippen LogP contribution in [0.15, 0.2) is 30.3 Å². The SMILES string of the molecule is C#Cc1c(C)cc(C)cc1-c1ccc(F)c(C)c1. The van der Waals surface area contributed by atoms with Gasteiger partial charge in [0.15, 0.2) is 0 Å². The van der Waals surface area contributed by atoms with Gasteiger partial charge in [-0.25, -0.2) is 4.39 Å². The number of hydrogen-bond donors (Lipinski definition) is 0. The van der Waals surface area contributed by atoms with Crippen molar-refractivity contribution in [2.75, 3.05) is 0 Å². The molecule has 0 nitrogen and oxygen atoms in total. The molecule has 0 unspecified atom stereocenters. The van der Waals surface area contributed by atoms with Crippen LogP contribution in [0.2, 0.25) is 0 Å². The Morgan fingerprint density at radius 3 is 2.33 bits per heavy atom. The Morgan fingerprint density at radius 1 is 1.00 bits per heavy atom. The molecule has 18 heavy (non-hydrogen) atoms. The first-order valence-electron chi connectivity index (χ1n) is 5.87. The molecule has 1 heteroatoms. The standard InChI is InChI=1S/C17H15F/c1-5-15-12(3)8-11(2)9-16(15)14-6-7-17(18)13(4)10-14/h1,6-10H,2-4H3. The first-order chi connectivity index (χ1) is 8.52. The Kier molecular flexibility index (Phi) is 3.21. The second-order valence-electron chi connectivity index (χ2n) is 4.61. The van der Waals surface area contributed by atoms with Crippen molar-refractivity contribution in [2.45, 2.75) is 20.8 Å². The van der Waals surface area contributed by atoms with Gasteiger partial charge in [-0.05, 0) is 55.2 Å². The van der Waals surface area contributed by atoms with E-state index < -0.39 is 0 Å². The molecule has 2 aromatic rings. The summed E-state index contributed by atoms with van der Waals surface area (Å²) >= 11 is 0. The number of terminal acetylenes is 1. The van der Waals surface area contributed by atoms with Gasteiger partial charge >= 0.3 is 0 Å². The van der Waals surface area contributed by atoms with Crippen LogP contribution in [-0.2, 0) is 0 Å². The van der Waals surface area contributed by atoms with Gasteiger partial charge in [-0.3, -0.25) is 0 Å². The topological polar surface area (TPSA) is 0 Å². The highest BCUT2D eigenvalue weighted by molar-refractivity contribution is 5.73. The van der Waals surface area contributed by atoms with Crippen molar-refractivity contribution < 1.29 is 4.39 Å². The Balaban J connectivity index is 2.70. The molecule has 0 aromatic heterocycles. The summed E-state index contributed by atoms with van der Waals surface area (Å²) in [6.07, 6.45) is 5.58. The van der Waals surface area contributed by atoms with Gasteiger partial charge in [0.2, 0.25) is 0 Å². The summed E-state index contributed by atoms with van der Waals surface area (Å²) in [5.74, 6) is 2.54. The number of rotatable bonds is 1. The van der Waals surface area contributed by atoms with E-state index in [1.54, 1.807) is 13.0 Å². The van der Waals surface area contributed by atoms with Crippen molar-refractivity contribution in [1.82, 2.24) is 0 Å². The smallest absolute Gasteiger partial charge is 0.126 e. The molecular weight excluding hydrogens is 223 g/mol. The maximum Gasteiger partial charge on any atom is 0.126 e. The zero-order valence-corrected chi connectivity index (χ0v) is 10.8. The lowest BCUT2D eigenvalue weighted by Gasteiger charge is -2.11. The van der Waals surface area contributed by atoms with E-state index in [9.17, 15) is 4.39 Å². The van der Waals surface area contributed by atoms with E-state index >= 15 is 0 Å².